The van der Waals surface area contributed by atoms with Gasteiger partial charge in [-0.25, -0.2) is 8.42 Å². The third-order valence-corrected chi connectivity index (χ3v) is 9.55. The minimum Gasteiger partial charge on any atom is -0.389 e. The lowest BCUT2D eigenvalue weighted by atomic mass is 9.86. The SMILES string of the molecule is O=C(N[C@@H]1CCCc2cc(CN3CCCCC3)ccc21)[C@H](O)[C@H](O)CS(=O)(=O)c1ccc2ccccc2c1. The van der Waals surface area contributed by atoms with Crippen LogP contribution in [0.5, 0.6) is 0 Å². The lowest BCUT2D eigenvalue weighted by Crippen LogP contribution is -2.46. The number of aryl methyl sites for hydroxylation is 1. The Morgan fingerprint density at radius 3 is 2.50 bits per heavy atom. The van der Waals surface area contributed by atoms with Gasteiger partial charge >= 0.3 is 0 Å². The van der Waals surface area contributed by atoms with Crippen molar-refractivity contribution in [3.05, 3.63) is 77.4 Å². The van der Waals surface area contributed by atoms with Gasteiger partial charge in [-0.15, -0.1) is 0 Å². The van der Waals surface area contributed by atoms with Crippen molar-refractivity contribution >= 4 is 26.5 Å². The Morgan fingerprint density at radius 1 is 0.947 bits per heavy atom. The molecule has 3 N–H and O–H groups in total. The third-order valence-electron chi connectivity index (χ3n) is 7.80. The van der Waals surface area contributed by atoms with Crippen LogP contribution in [0.15, 0.2) is 65.6 Å². The van der Waals surface area contributed by atoms with E-state index in [1.165, 1.54) is 36.5 Å². The van der Waals surface area contributed by atoms with Crippen molar-refractivity contribution < 1.29 is 23.4 Å². The minimum atomic E-state index is -3.92. The molecule has 1 saturated heterocycles. The number of fused-ring (bicyclic) bond motifs is 2. The predicted octanol–water partition coefficient (Wildman–Crippen LogP) is 3.52. The first kappa shape index (κ1) is 26.8. The summed E-state index contributed by atoms with van der Waals surface area (Å²) in [6, 6.07) is 18.2. The van der Waals surface area contributed by atoms with Gasteiger partial charge < -0.3 is 15.5 Å². The second-order valence-corrected chi connectivity index (χ2v) is 12.7. The number of piperidine rings is 1. The number of rotatable bonds is 8. The fourth-order valence-electron chi connectivity index (χ4n) is 5.70. The Kier molecular flexibility index (Phi) is 8.14. The van der Waals surface area contributed by atoms with Crippen LogP contribution < -0.4 is 5.32 Å². The maximum atomic E-state index is 12.9. The maximum Gasteiger partial charge on any atom is 0.252 e. The highest BCUT2D eigenvalue weighted by molar-refractivity contribution is 7.91. The fourth-order valence-corrected chi connectivity index (χ4v) is 7.10. The average molecular weight is 537 g/mol. The smallest absolute Gasteiger partial charge is 0.252 e. The summed E-state index contributed by atoms with van der Waals surface area (Å²) in [5.41, 5.74) is 3.49. The van der Waals surface area contributed by atoms with Gasteiger partial charge in [0.25, 0.3) is 5.91 Å². The Balaban J connectivity index is 1.22. The number of aliphatic hydroxyl groups is 2. The van der Waals surface area contributed by atoms with Crippen molar-refractivity contribution in [2.75, 3.05) is 18.8 Å². The number of carbonyl (C=O) groups excluding carboxylic acids is 1. The van der Waals surface area contributed by atoms with Gasteiger partial charge in [0.1, 0.15) is 6.10 Å². The number of aliphatic hydroxyl groups excluding tert-OH is 2. The molecule has 0 aromatic heterocycles. The van der Waals surface area contributed by atoms with E-state index in [1.807, 2.05) is 24.3 Å². The maximum absolute atomic E-state index is 12.9. The first-order chi connectivity index (χ1) is 18.3. The molecule has 0 unspecified atom stereocenters. The Morgan fingerprint density at radius 2 is 1.71 bits per heavy atom. The first-order valence-electron chi connectivity index (χ1n) is 13.5. The van der Waals surface area contributed by atoms with Crippen LogP contribution in [0.2, 0.25) is 0 Å². The van der Waals surface area contributed by atoms with E-state index in [0.717, 1.165) is 55.2 Å². The molecule has 0 saturated carbocycles. The number of sulfone groups is 1. The Labute approximate surface area is 224 Å². The molecule has 3 aromatic carbocycles. The second kappa shape index (κ2) is 11.5. The van der Waals surface area contributed by atoms with E-state index in [0.29, 0.717) is 0 Å². The van der Waals surface area contributed by atoms with E-state index >= 15 is 0 Å². The van der Waals surface area contributed by atoms with E-state index in [2.05, 4.69) is 28.4 Å². The summed E-state index contributed by atoms with van der Waals surface area (Å²) in [4.78, 5) is 15.4. The Bertz CT molecular complexity index is 1400. The Hall–Kier alpha value is -2.78. The molecule has 0 radical (unpaired) electrons. The van der Waals surface area contributed by atoms with Gasteiger partial charge in [-0.05, 0) is 84.8 Å². The van der Waals surface area contributed by atoms with Gasteiger partial charge in [0, 0.05) is 6.54 Å². The molecule has 1 heterocycles. The summed E-state index contributed by atoms with van der Waals surface area (Å²) >= 11 is 0. The summed E-state index contributed by atoms with van der Waals surface area (Å²) in [7, 11) is -3.92. The van der Waals surface area contributed by atoms with Crippen LogP contribution in [0.4, 0.5) is 0 Å². The van der Waals surface area contributed by atoms with Gasteiger partial charge in [0.05, 0.1) is 16.7 Å². The molecule has 3 atom stereocenters. The summed E-state index contributed by atoms with van der Waals surface area (Å²) in [5.74, 6) is -1.51. The van der Waals surface area contributed by atoms with E-state index in [4.69, 9.17) is 0 Å². The highest BCUT2D eigenvalue weighted by Gasteiger charge is 2.32. The van der Waals surface area contributed by atoms with Crippen LogP contribution in [-0.2, 0) is 27.6 Å². The molecule has 0 spiro atoms. The van der Waals surface area contributed by atoms with Gasteiger partial charge in [0.15, 0.2) is 15.9 Å². The molecule has 1 aliphatic carbocycles. The molecule has 0 bridgehead atoms. The van der Waals surface area contributed by atoms with Crippen LogP contribution in [0, 0.1) is 0 Å². The number of likely N-dealkylation sites (tertiary alicyclic amines) is 1. The monoisotopic (exact) mass is 536 g/mol. The first-order valence-corrected chi connectivity index (χ1v) is 15.2. The standard InChI is InChI=1S/C30H36N2O5S/c33-28(20-38(36,37)25-13-12-22-7-2-3-8-23(22)18-25)29(34)30(35)31-27-10-6-9-24-17-21(11-14-26(24)27)19-32-15-4-1-5-16-32/h2-3,7-8,11-14,17-18,27-29,33-34H,1,4-6,9-10,15-16,19-20H2,(H,31,35)/t27-,28-,29-/m1/s1. The van der Waals surface area contributed by atoms with Crippen molar-refractivity contribution in [3.63, 3.8) is 0 Å². The zero-order valence-electron chi connectivity index (χ0n) is 21.6. The molecule has 202 valence electrons. The molecular weight excluding hydrogens is 500 g/mol. The quantitative estimate of drug-likeness (QED) is 0.407. The number of carbonyl (C=O) groups is 1. The zero-order chi connectivity index (χ0) is 26.7. The number of nitrogens with one attached hydrogen (secondary N) is 1. The lowest BCUT2D eigenvalue weighted by Gasteiger charge is -2.30. The van der Waals surface area contributed by atoms with Crippen molar-refractivity contribution in [2.24, 2.45) is 0 Å². The van der Waals surface area contributed by atoms with Crippen molar-refractivity contribution in [2.45, 2.75) is 68.2 Å². The fraction of sp³-hybridized carbons (Fsp3) is 0.433. The molecule has 8 heteroatoms. The highest BCUT2D eigenvalue weighted by atomic mass is 32.2. The summed E-state index contributed by atoms with van der Waals surface area (Å²) in [6.45, 7) is 3.19. The lowest BCUT2D eigenvalue weighted by molar-refractivity contribution is -0.135. The van der Waals surface area contributed by atoms with Gasteiger partial charge in [-0.2, -0.15) is 0 Å². The molecule has 3 aromatic rings. The van der Waals surface area contributed by atoms with Crippen LogP contribution in [0.25, 0.3) is 10.8 Å². The van der Waals surface area contributed by atoms with Crippen molar-refractivity contribution in [1.29, 1.82) is 0 Å². The van der Waals surface area contributed by atoms with E-state index in [-0.39, 0.29) is 10.9 Å². The molecule has 2 aliphatic rings. The van der Waals surface area contributed by atoms with Crippen LogP contribution in [0.1, 0.15) is 54.8 Å². The molecule has 5 rings (SSSR count). The van der Waals surface area contributed by atoms with Crippen LogP contribution in [-0.4, -0.2) is 60.5 Å². The topological polar surface area (TPSA) is 107 Å². The van der Waals surface area contributed by atoms with E-state index < -0.39 is 33.7 Å². The van der Waals surface area contributed by atoms with E-state index in [1.54, 1.807) is 12.1 Å². The normalized spacial score (nSPS) is 20.0. The summed E-state index contributed by atoms with van der Waals surface area (Å²) < 4.78 is 25.9. The third kappa shape index (κ3) is 6.10. The van der Waals surface area contributed by atoms with E-state index in [9.17, 15) is 23.4 Å². The van der Waals surface area contributed by atoms with Crippen LogP contribution in [0.3, 0.4) is 0 Å². The molecular formula is C30H36N2O5S. The molecule has 1 amide bonds. The number of nitrogens with zero attached hydrogens (tertiary/aromatic N) is 1. The zero-order valence-corrected chi connectivity index (χ0v) is 22.4. The molecule has 38 heavy (non-hydrogen) atoms. The minimum absolute atomic E-state index is 0.0458. The van der Waals surface area contributed by atoms with Crippen molar-refractivity contribution in [3.8, 4) is 0 Å². The summed E-state index contributed by atoms with van der Waals surface area (Å²) in [6.07, 6.45) is 2.76. The number of amides is 1. The highest BCUT2D eigenvalue weighted by Crippen LogP contribution is 2.31. The second-order valence-electron chi connectivity index (χ2n) is 10.6. The molecule has 7 nitrogen and oxygen atoms in total. The number of hydrogen-bond donors (Lipinski definition) is 3. The predicted molar refractivity (Wildman–Crippen MR) is 147 cm³/mol. The number of hydrogen-bond acceptors (Lipinski definition) is 6. The number of benzene rings is 3. The largest absolute Gasteiger partial charge is 0.389 e. The average Bonchev–Trinajstić information content (AvgIpc) is 2.92. The van der Waals surface area contributed by atoms with Gasteiger partial charge in [0.2, 0.25) is 0 Å². The van der Waals surface area contributed by atoms with Crippen LogP contribution >= 0.6 is 0 Å². The van der Waals surface area contributed by atoms with Gasteiger partial charge in [-0.1, -0.05) is 55.0 Å². The molecule has 1 aliphatic heterocycles. The van der Waals surface area contributed by atoms with Crippen molar-refractivity contribution in [1.82, 2.24) is 10.2 Å². The molecule has 1 fully saturated rings. The summed E-state index contributed by atoms with van der Waals surface area (Å²) in [5, 5.41) is 25.6. The van der Waals surface area contributed by atoms with Gasteiger partial charge in [-0.3, -0.25) is 9.69 Å².